The van der Waals surface area contributed by atoms with Gasteiger partial charge in [-0.3, -0.25) is 10.2 Å². The Morgan fingerprint density at radius 2 is 1.97 bits per heavy atom. The second kappa shape index (κ2) is 10.4. The van der Waals surface area contributed by atoms with Gasteiger partial charge in [-0.05, 0) is 30.2 Å². The maximum atomic E-state index is 11.6. The van der Waals surface area contributed by atoms with Crippen LogP contribution in [0.25, 0.3) is 11.1 Å². The van der Waals surface area contributed by atoms with Crippen LogP contribution in [-0.4, -0.2) is 38.0 Å². The number of nitrogens with zero attached hydrogens (tertiary/aromatic N) is 2. The third-order valence-electron chi connectivity index (χ3n) is 4.20. The minimum atomic E-state index is -0.290. The van der Waals surface area contributed by atoms with E-state index in [4.69, 9.17) is 14.2 Å². The Balaban J connectivity index is 1.73. The van der Waals surface area contributed by atoms with E-state index in [2.05, 4.69) is 15.5 Å². The Morgan fingerprint density at radius 1 is 1.17 bits per heavy atom. The van der Waals surface area contributed by atoms with Crippen molar-refractivity contribution in [3.8, 4) is 22.6 Å². The van der Waals surface area contributed by atoms with Crippen molar-refractivity contribution in [1.82, 2.24) is 4.98 Å². The highest BCUT2D eigenvalue weighted by molar-refractivity contribution is 7.13. The van der Waals surface area contributed by atoms with E-state index in [-0.39, 0.29) is 12.4 Å². The molecule has 1 aromatic heterocycles. The Bertz CT molecular complexity index is 1030. The highest BCUT2D eigenvalue weighted by Gasteiger charge is 2.10. The molecule has 0 atom stereocenters. The van der Waals surface area contributed by atoms with Crippen LogP contribution in [0.1, 0.15) is 18.2 Å². The van der Waals surface area contributed by atoms with Crippen LogP contribution in [0.3, 0.4) is 0 Å². The highest BCUT2D eigenvalue weighted by atomic mass is 32.1. The smallest absolute Gasteiger partial charge is 0.311 e. The van der Waals surface area contributed by atoms with Crippen LogP contribution in [-0.2, 0) is 16.0 Å². The molecule has 3 aromatic rings. The van der Waals surface area contributed by atoms with Crippen LogP contribution >= 0.6 is 11.3 Å². The summed E-state index contributed by atoms with van der Waals surface area (Å²) in [6, 6.07) is 13.7. The van der Waals surface area contributed by atoms with Crippen LogP contribution in [0, 0.1) is 0 Å². The number of hydrogen-bond donors (Lipinski definition) is 1. The summed E-state index contributed by atoms with van der Waals surface area (Å²) in [5.74, 6) is 1.05. The molecule has 2 aromatic carbocycles. The number of anilines is 1. The van der Waals surface area contributed by atoms with Crippen molar-refractivity contribution >= 4 is 28.7 Å². The zero-order chi connectivity index (χ0) is 21.3. The largest absolute Gasteiger partial charge is 0.493 e. The molecule has 0 aliphatic rings. The molecule has 0 radical (unpaired) electrons. The zero-order valence-corrected chi connectivity index (χ0v) is 17.9. The SMILES string of the molecule is CCOC(=O)Cc1csc(NN=Cc2ccccc2-c2ccc(OC)c(OC)c2)n1. The van der Waals surface area contributed by atoms with Crippen molar-refractivity contribution in [2.45, 2.75) is 13.3 Å². The van der Waals surface area contributed by atoms with Gasteiger partial charge in [-0.2, -0.15) is 5.10 Å². The molecule has 30 heavy (non-hydrogen) atoms. The number of methoxy groups -OCH3 is 2. The number of carbonyl (C=O) groups excluding carboxylic acids is 1. The van der Waals surface area contributed by atoms with Crippen LogP contribution in [0.2, 0.25) is 0 Å². The molecule has 3 rings (SSSR count). The molecular weight excluding hydrogens is 402 g/mol. The van der Waals surface area contributed by atoms with E-state index < -0.39 is 0 Å². The highest BCUT2D eigenvalue weighted by Crippen LogP contribution is 2.33. The average molecular weight is 426 g/mol. The van der Waals surface area contributed by atoms with Gasteiger partial charge in [0, 0.05) is 10.9 Å². The summed E-state index contributed by atoms with van der Waals surface area (Å²) in [4.78, 5) is 15.9. The lowest BCUT2D eigenvalue weighted by Gasteiger charge is -2.11. The number of hydrazone groups is 1. The fourth-order valence-corrected chi connectivity index (χ4v) is 3.49. The molecule has 0 amide bonds. The Hall–Kier alpha value is -3.39. The first kappa shape index (κ1) is 21.3. The number of ether oxygens (including phenoxy) is 3. The Labute approximate surface area is 179 Å². The van der Waals surface area contributed by atoms with E-state index in [0.29, 0.717) is 28.9 Å². The van der Waals surface area contributed by atoms with Gasteiger partial charge in [-0.25, -0.2) is 4.98 Å². The number of hydrogen-bond acceptors (Lipinski definition) is 8. The van der Waals surface area contributed by atoms with Crippen LogP contribution < -0.4 is 14.9 Å². The molecule has 0 unspecified atom stereocenters. The van der Waals surface area contributed by atoms with E-state index in [9.17, 15) is 4.79 Å². The number of esters is 1. The van der Waals surface area contributed by atoms with Gasteiger partial charge in [0.2, 0.25) is 5.13 Å². The maximum absolute atomic E-state index is 11.6. The monoisotopic (exact) mass is 425 g/mol. The molecule has 1 heterocycles. The van der Waals surface area contributed by atoms with Crippen molar-refractivity contribution in [2.75, 3.05) is 26.3 Å². The van der Waals surface area contributed by atoms with Crippen LogP contribution in [0.4, 0.5) is 5.13 Å². The summed E-state index contributed by atoms with van der Waals surface area (Å²) in [5.41, 5.74) is 6.50. The summed E-state index contributed by atoms with van der Waals surface area (Å²) in [5, 5.41) is 6.72. The summed E-state index contributed by atoms with van der Waals surface area (Å²) >= 11 is 1.38. The second-order valence-electron chi connectivity index (χ2n) is 6.15. The molecule has 1 N–H and O–H groups in total. The standard InChI is InChI=1S/C22H23N3O4S/c1-4-29-21(26)12-17-14-30-22(24-17)25-23-13-16-7-5-6-8-18(16)15-9-10-19(27-2)20(11-15)28-3/h5-11,13-14H,4,12H2,1-3H3,(H,24,25). The lowest BCUT2D eigenvalue weighted by molar-refractivity contribution is -0.142. The predicted molar refractivity (Wildman–Crippen MR) is 119 cm³/mol. The fraction of sp³-hybridized carbons (Fsp3) is 0.227. The molecule has 0 aliphatic heterocycles. The Kier molecular flexibility index (Phi) is 7.40. The molecule has 0 aliphatic carbocycles. The van der Waals surface area contributed by atoms with Gasteiger partial charge in [-0.15, -0.1) is 11.3 Å². The molecule has 0 spiro atoms. The van der Waals surface area contributed by atoms with E-state index in [1.807, 2.05) is 47.8 Å². The molecule has 0 bridgehead atoms. The van der Waals surface area contributed by atoms with Gasteiger partial charge < -0.3 is 14.2 Å². The summed E-state index contributed by atoms with van der Waals surface area (Å²) in [6.07, 6.45) is 1.89. The number of nitrogens with one attached hydrogen (secondary N) is 1. The van der Waals surface area contributed by atoms with Crippen molar-refractivity contribution in [3.63, 3.8) is 0 Å². The van der Waals surface area contributed by atoms with Gasteiger partial charge >= 0.3 is 5.97 Å². The predicted octanol–water partition coefficient (Wildman–Crippen LogP) is 4.38. The van der Waals surface area contributed by atoms with E-state index >= 15 is 0 Å². The number of benzene rings is 2. The van der Waals surface area contributed by atoms with E-state index in [1.165, 1.54) is 11.3 Å². The van der Waals surface area contributed by atoms with Crippen molar-refractivity contribution in [3.05, 3.63) is 59.1 Å². The maximum Gasteiger partial charge on any atom is 0.311 e. The third-order valence-corrected chi connectivity index (χ3v) is 5.00. The molecular formula is C22H23N3O4S. The summed E-state index contributed by atoms with van der Waals surface area (Å²) in [6.45, 7) is 2.14. The van der Waals surface area contributed by atoms with Crippen molar-refractivity contribution in [2.24, 2.45) is 5.10 Å². The first-order valence-electron chi connectivity index (χ1n) is 9.35. The fourth-order valence-electron chi connectivity index (χ4n) is 2.83. The number of aromatic nitrogens is 1. The first-order valence-corrected chi connectivity index (χ1v) is 10.2. The number of carbonyl (C=O) groups is 1. The quantitative estimate of drug-likeness (QED) is 0.311. The van der Waals surface area contributed by atoms with Crippen molar-refractivity contribution in [1.29, 1.82) is 0 Å². The number of thiazole rings is 1. The van der Waals surface area contributed by atoms with E-state index in [1.54, 1.807) is 27.4 Å². The lowest BCUT2D eigenvalue weighted by Crippen LogP contribution is -2.07. The molecule has 8 heteroatoms. The first-order chi connectivity index (χ1) is 14.6. The van der Waals surface area contributed by atoms with Gasteiger partial charge in [0.05, 0.1) is 39.2 Å². The minimum absolute atomic E-state index is 0.151. The Morgan fingerprint density at radius 3 is 2.73 bits per heavy atom. The average Bonchev–Trinajstić information content (AvgIpc) is 3.20. The van der Waals surface area contributed by atoms with Crippen LogP contribution in [0.15, 0.2) is 52.9 Å². The summed E-state index contributed by atoms with van der Waals surface area (Å²) in [7, 11) is 3.23. The molecule has 7 nitrogen and oxygen atoms in total. The van der Waals surface area contributed by atoms with Gasteiger partial charge in [0.25, 0.3) is 0 Å². The van der Waals surface area contributed by atoms with Gasteiger partial charge in [0.1, 0.15) is 0 Å². The second-order valence-corrected chi connectivity index (χ2v) is 7.01. The third kappa shape index (κ3) is 5.36. The molecule has 156 valence electrons. The molecule has 0 saturated carbocycles. The molecule has 0 fully saturated rings. The lowest BCUT2D eigenvalue weighted by atomic mass is 10.00. The van der Waals surface area contributed by atoms with Crippen LogP contribution in [0.5, 0.6) is 11.5 Å². The van der Waals surface area contributed by atoms with Gasteiger partial charge in [0.15, 0.2) is 11.5 Å². The topological polar surface area (TPSA) is 82.0 Å². The van der Waals surface area contributed by atoms with Gasteiger partial charge in [-0.1, -0.05) is 30.3 Å². The van der Waals surface area contributed by atoms with Crippen molar-refractivity contribution < 1.29 is 19.0 Å². The zero-order valence-electron chi connectivity index (χ0n) is 17.0. The van der Waals surface area contributed by atoms with E-state index in [0.717, 1.165) is 16.7 Å². The summed E-state index contributed by atoms with van der Waals surface area (Å²) < 4.78 is 15.7. The minimum Gasteiger partial charge on any atom is -0.493 e. The molecule has 0 saturated heterocycles. The normalized spacial score (nSPS) is 10.8. The number of rotatable bonds is 9.